The van der Waals surface area contributed by atoms with E-state index >= 15 is 0 Å². The molecule has 0 aliphatic carbocycles. The van der Waals surface area contributed by atoms with Crippen LogP contribution in [0.5, 0.6) is 0 Å². The van der Waals surface area contributed by atoms with E-state index in [4.69, 9.17) is 10.2 Å². The Bertz CT molecular complexity index is 270. The summed E-state index contributed by atoms with van der Waals surface area (Å²) in [5.74, 6) is -0.767. The van der Waals surface area contributed by atoms with Gasteiger partial charge in [0.25, 0.3) is 0 Å². The zero-order chi connectivity index (χ0) is 16.1. The molecule has 0 radical (unpaired) electrons. The van der Waals surface area contributed by atoms with Crippen LogP contribution >= 0.6 is 0 Å². The van der Waals surface area contributed by atoms with Crippen LogP contribution in [-0.4, -0.2) is 46.7 Å². The standard InChI is InChI=1S/C16H31NO4/c1-14(2)8-7-13-17(11-5-3-9-15(18)19)12-6-4-10-16(20)21/h14H,3-13H2,1-2H3,(H,18,19)(H,20,21). The third kappa shape index (κ3) is 15.1. The Hall–Kier alpha value is -1.10. The van der Waals surface area contributed by atoms with Gasteiger partial charge in [-0.25, -0.2) is 0 Å². The van der Waals surface area contributed by atoms with Gasteiger partial charge in [0.05, 0.1) is 0 Å². The molecule has 0 spiro atoms. The highest BCUT2D eigenvalue weighted by atomic mass is 16.4. The molecule has 0 rings (SSSR count). The fourth-order valence-electron chi connectivity index (χ4n) is 2.28. The van der Waals surface area contributed by atoms with Gasteiger partial charge < -0.3 is 15.1 Å². The Balaban J connectivity index is 3.90. The van der Waals surface area contributed by atoms with Crippen LogP contribution in [0.15, 0.2) is 0 Å². The molecule has 0 aromatic heterocycles. The van der Waals surface area contributed by atoms with E-state index in [1.165, 1.54) is 6.42 Å². The minimum absolute atomic E-state index is 0.235. The topological polar surface area (TPSA) is 77.8 Å². The fourth-order valence-corrected chi connectivity index (χ4v) is 2.28. The zero-order valence-electron chi connectivity index (χ0n) is 13.5. The summed E-state index contributed by atoms with van der Waals surface area (Å²) in [6, 6.07) is 0. The van der Waals surface area contributed by atoms with Crippen molar-refractivity contribution in [2.75, 3.05) is 19.6 Å². The number of hydrogen-bond acceptors (Lipinski definition) is 3. The van der Waals surface area contributed by atoms with E-state index in [-0.39, 0.29) is 12.8 Å². The summed E-state index contributed by atoms with van der Waals surface area (Å²) >= 11 is 0. The van der Waals surface area contributed by atoms with E-state index < -0.39 is 11.9 Å². The third-order valence-corrected chi connectivity index (χ3v) is 3.49. The summed E-state index contributed by atoms with van der Waals surface area (Å²) in [6.45, 7) is 7.28. The molecule has 5 heteroatoms. The van der Waals surface area contributed by atoms with Crippen LogP contribution in [0, 0.1) is 5.92 Å². The smallest absolute Gasteiger partial charge is 0.303 e. The van der Waals surface area contributed by atoms with Crippen molar-refractivity contribution in [1.82, 2.24) is 4.90 Å². The number of carbonyl (C=O) groups is 2. The molecule has 124 valence electrons. The van der Waals surface area contributed by atoms with Crippen molar-refractivity contribution >= 4 is 11.9 Å². The van der Waals surface area contributed by atoms with Gasteiger partial charge in [-0.3, -0.25) is 9.59 Å². The summed E-state index contributed by atoms with van der Waals surface area (Å²) in [7, 11) is 0. The van der Waals surface area contributed by atoms with Crippen molar-refractivity contribution in [3.8, 4) is 0 Å². The Morgan fingerprint density at radius 3 is 1.62 bits per heavy atom. The van der Waals surface area contributed by atoms with Gasteiger partial charge in [-0.15, -0.1) is 0 Å². The van der Waals surface area contributed by atoms with Gasteiger partial charge in [0.15, 0.2) is 0 Å². The number of nitrogens with zero attached hydrogens (tertiary/aromatic N) is 1. The van der Waals surface area contributed by atoms with E-state index in [1.807, 2.05) is 0 Å². The third-order valence-electron chi connectivity index (χ3n) is 3.49. The molecule has 5 nitrogen and oxygen atoms in total. The zero-order valence-corrected chi connectivity index (χ0v) is 13.5. The second-order valence-electron chi connectivity index (χ2n) is 6.08. The van der Waals surface area contributed by atoms with Crippen molar-refractivity contribution in [2.24, 2.45) is 5.92 Å². The molecule has 0 atom stereocenters. The van der Waals surface area contributed by atoms with Crippen LogP contribution in [0.3, 0.4) is 0 Å². The first kappa shape index (κ1) is 19.9. The maximum absolute atomic E-state index is 10.5. The lowest BCUT2D eigenvalue weighted by Gasteiger charge is -2.22. The number of aliphatic carboxylic acids is 2. The van der Waals surface area contributed by atoms with Gasteiger partial charge in [-0.2, -0.15) is 0 Å². The summed E-state index contributed by atoms with van der Waals surface area (Å²) in [5.41, 5.74) is 0. The molecule has 0 amide bonds. The largest absolute Gasteiger partial charge is 0.481 e. The summed E-state index contributed by atoms with van der Waals surface area (Å²) in [5, 5.41) is 17.3. The number of rotatable bonds is 14. The van der Waals surface area contributed by atoms with E-state index in [9.17, 15) is 9.59 Å². The Kier molecular flexibility index (Phi) is 12.0. The molecule has 0 saturated heterocycles. The highest BCUT2D eigenvalue weighted by Crippen LogP contribution is 2.08. The first-order chi connectivity index (χ1) is 9.91. The minimum Gasteiger partial charge on any atom is -0.481 e. The van der Waals surface area contributed by atoms with Crippen LogP contribution in [0.4, 0.5) is 0 Å². The molecule has 0 aliphatic heterocycles. The molecule has 2 N–H and O–H groups in total. The van der Waals surface area contributed by atoms with E-state index in [0.717, 1.165) is 38.9 Å². The molecule has 0 bridgehead atoms. The molecule has 0 unspecified atom stereocenters. The van der Waals surface area contributed by atoms with Crippen molar-refractivity contribution < 1.29 is 19.8 Å². The Morgan fingerprint density at radius 2 is 1.24 bits per heavy atom. The van der Waals surface area contributed by atoms with Gasteiger partial charge in [0.2, 0.25) is 0 Å². The van der Waals surface area contributed by atoms with Crippen LogP contribution in [0.2, 0.25) is 0 Å². The highest BCUT2D eigenvalue weighted by Gasteiger charge is 2.07. The monoisotopic (exact) mass is 301 g/mol. The Morgan fingerprint density at radius 1 is 0.810 bits per heavy atom. The fraction of sp³-hybridized carbons (Fsp3) is 0.875. The Labute approximate surface area is 128 Å². The first-order valence-electron chi connectivity index (χ1n) is 8.07. The molecule has 0 aromatic carbocycles. The second kappa shape index (κ2) is 12.6. The predicted molar refractivity (Wildman–Crippen MR) is 83.5 cm³/mol. The van der Waals surface area contributed by atoms with Gasteiger partial charge in [0, 0.05) is 12.8 Å². The molecule has 0 heterocycles. The van der Waals surface area contributed by atoms with Crippen molar-refractivity contribution in [2.45, 2.75) is 65.2 Å². The summed E-state index contributed by atoms with van der Waals surface area (Å²) in [6.07, 6.45) is 6.03. The van der Waals surface area contributed by atoms with Gasteiger partial charge in [0.1, 0.15) is 0 Å². The number of carboxylic acids is 2. The van der Waals surface area contributed by atoms with Gasteiger partial charge in [-0.1, -0.05) is 13.8 Å². The summed E-state index contributed by atoms with van der Waals surface area (Å²) < 4.78 is 0. The maximum Gasteiger partial charge on any atom is 0.303 e. The number of unbranched alkanes of at least 4 members (excludes halogenated alkanes) is 2. The van der Waals surface area contributed by atoms with Crippen molar-refractivity contribution in [3.05, 3.63) is 0 Å². The van der Waals surface area contributed by atoms with Crippen LogP contribution in [-0.2, 0) is 9.59 Å². The second-order valence-corrected chi connectivity index (χ2v) is 6.08. The lowest BCUT2D eigenvalue weighted by molar-refractivity contribution is -0.138. The van der Waals surface area contributed by atoms with Gasteiger partial charge >= 0.3 is 11.9 Å². The molecule has 0 fully saturated rings. The summed E-state index contributed by atoms with van der Waals surface area (Å²) in [4.78, 5) is 23.3. The lowest BCUT2D eigenvalue weighted by atomic mass is 10.1. The van der Waals surface area contributed by atoms with Crippen LogP contribution < -0.4 is 0 Å². The van der Waals surface area contributed by atoms with Crippen molar-refractivity contribution in [3.63, 3.8) is 0 Å². The predicted octanol–water partition coefficient (Wildman–Crippen LogP) is 3.23. The highest BCUT2D eigenvalue weighted by molar-refractivity contribution is 5.66. The normalized spacial score (nSPS) is 11.2. The SMILES string of the molecule is CC(C)CCCN(CCCCC(=O)O)CCCCC(=O)O. The molecular formula is C16H31NO4. The van der Waals surface area contributed by atoms with Crippen molar-refractivity contribution in [1.29, 1.82) is 0 Å². The number of hydrogen-bond donors (Lipinski definition) is 2. The molecule has 0 saturated carbocycles. The lowest BCUT2D eigenvalue weighted by Crippen LogP contribution is -2.27. The van der Waals surface area contributed by atoms with E-state index in [1.54, 1.807) is 0 Å². The van der Waals surface area contributed by atoms with E-state index in [2.05, 4.69) is 18.7 Å². The number of carboxylic acid groups (broad SMARTS) is 2. The quantitative estimate of drug-likeness (QED) is 0.482. The van der Waals surface area contributed by atoms with E-state index in [0.29, 0.717) is 18.8 Å². The average molecular weight is 301 g/mol. The molecule has 21 heavy (non-hydrogen) atoms. The minimum atomic E-state index is -0.734. The van der Waals surface area contributed by atoms with Crippen LogP contribution in [0.1, 0.15) is 65.2 Å². The average Bonchev–Trinajstić information content (AvgIpc) is 2.37. The molecule has 0 aliphatic rings. The van der Waals surface area contributed by atoms with Gasteiger partial charge in [-0.05, 0) is 64.1 Å². The maximum atomic E-state index is 10.5. The molecular weight excluding hydrogens is 270 g/mol. The first-order valence-corrected chi connectivity index (χ1v) is 8.07. The van der Waals surface area contributed by atoms with Crippen LogP contribution in [0.25, 0.3) is 0 Å². The molecule has 0 aromatic rings.